The van der Waals surface area contributed by atoms with Crippen LogP contribution in [-0.4, -0.2) is 20.5 Å². The molecular weight excluding hydrogens is 374 g/mol. The quantitative estimate of drug-likeness (QED) is 0.627. The Labute approximate surface area is 165 Å². The average Bonchev–Trinajstić information content (AvgIpc) is 2.69. The summed E-state index contributed by atoms with van der Waals surface area (Å²) in [7, 11) is -2.37. The number of ether oxygens (including phenoxy) is 1. The fourth-order valence-corrected chi connectivity index (χ4v) is 3.93. The molecule has 28 heavy (non-hydrogen) atoms. The summed E-state index contributed by atoms with van der Waals surface area (Å²) in [6.07, 6.45) is 1.60. The molecule has 0 aliphatic heterocycles. The van der Waals surface area contributed by atoms with Gasteiger partial charge in [0.25, 0.3) is 10.0 Å². The molecule has 7 heteroatoms. The molecule has 0 bridgehead atoms. The lowest BCUT2D eigenvalue weighted by molar-refractivity contribution is 0.402. The van der Waals surface area contributed by atoms with Crippen LogP contribution in [0.2, 0.25) is 0 Å². The third-order valence-corrected chi connectivity index (χ3v) is 5.79. The van der Waals surface area contributed by atoms with Gasteiger partial charge < -0.3 is 10.1 Å². The van der Waals surface area contributed by atoms with Crippen molar-refractivity contribution in [3.8, 4) is 5.75 Å². The summed E-state index contributed by atoms with van der Waals surface area (Å²) in [6.45, 7) is 4.43. The Morgan fingerprint density at radius 2 is 1.71 bits per heavy atom. The molecular formula is C21H23N3O3S. The number of hydrogen-bond donors (Lipinski definition) is 2. The molecule has 1 aromatic heterocycles. The van der Waals surface area contributed by atoms with E-state index in [0.29, 0.717) is 12.3 Å². The van der Waals surface area contributed by atoms with Gasteiger partial charge in [-0.05, 0) is 54.8 Å². The smallest absolute Gasteiger partial charge is 0.266 e. The number of nitrogens with one attached hydrogen (secondary N) is 2. The first kappa shape index (κ1) is 19.7. The van der Waals surface area contributed by atoms with E-state index < -0.39 is 10.0 Å². The lowest BCUT2D eigenvalue weighted by Gasteiger charge is -2.14. The molecule has 0 amide bonds. The minimum absolute atomic E-state index is 0.0891. The second-order valence-electron chi connectivity index (χ2n) is 6.46. The van der Waals surface area contributed by atoms with Gasteiger partial charge in [0.2, 0.25) is 0 Å². The Bertz CT molecular complexity index is 1050. The van der Waals surface area contributed by atoms with Crippen molar-refractivity contribution in [3.05, 3.63) is 77.5 Å². The minimum atomic E-state index is -3.82. The summed E-state index contributed by atoms with van der Waals surface area (Å²) in [5.41, 5.74) is 3.78. The standard InChI is InChI=1S/C21H23N3O3S/c1-15-11-19(27-3)20(12-16(15)2)28(25,26)24-21-10-9-18(14-23-21)22-13-17-7-5-4-6-8-17/h4-12,14,22H,13H2,1-3H3,(H,23,24). The Hall–Kier alpha value is -3.06. The zero-order chi connectivity index (χ0) is 20.1. The molecule has 2 aromatic carbocycles. The lowest BCUT2D eigenvalue weighted by atomic mass is 10.1. The highest BCUT2D eigenvalue weighted by Crippen LogP contribution is 2.28. The number of rotatable bonds is 7. The Kier molecular flexibility index (Phi) is 5.84. The van der Waals surface area contributed by atoms with Gasteiger partial charge in [-0.3, -0.25) is 4.72 Å². The predicted octanol–water partition coefficient (Wildman–Crippen LogP) is 4.12. The zero-order valence-electron chi connectivity index (χ0n) is 16.1. The van der Waals surface area contributed by atoms with E-state index in [-0.39, 0.29) is 10.7 Å². The molecule has 0 spiro atoms. The van der Waals surface area contributed by atoms with E-state index in [1.807, 2.05) is 44.2 Å². The van der Waals surface area contributed by atoms with Gasteiger partial charge in [0, 0.05) is 6.54 Å². The normalized spacial score (nSPS) is 11.1. The monoisotopic (exact) mass is 397 g/mol. The van der Waals surface area contributed by atoms with E-state index in [9.17, 15) is 8.42 Å². The molecule has 0 aliphatic rings. The third kappa shape index (κ3) is 4.61. The molecule has 0 aliphatic carbocycles. The lowest BCUT2D eigenvalue weighted by Crippen LogP contribution is -2.15. The van der Waals surface area contributed by atoms with Crippen LogP contribution in [0.25, 0.3) is 0 Å². The molecule has 1 heterocycles. The van der Waals surface area contributed by atoms with Crippen LogP contribution >= 0.6 is 0 Å². The molecule has 3 rings (SSSR count). The van der Waals surface area contributed by atoms with Crippen molar-refractivity contribution in [2.24, 2.45) is 0 Å². The summed E-state index contributed by atoms with van der Waals surface area (Å²) < 4.78 is 33.3. The Morgan fingerprint density at radius 3 is 2.36 bits per heavy atom. The van der Waals surface area contributed by atoms with E-state index in [4.69, 9.17) is 4.74 Å². The average molecular weight is 398 g/mol. The first-order chi connectivity index (χ1) is 13.4. The molecule has 6 nitrogen and oxygen atoms in total. The summed E-state index contributed by atoms with van der Waals surface area (Å²) in [5.74, 6) is 0.544. The van der Waals surface area contributed by atoms with Crippen molar-refractivity contribution in [3.63, 3.8) is 0 Å². The molecule has 0 radical (unpaired) electrons. The van der Waals surface area contributed by atoms with Crippen LogP contribution in [0, 0.1) is 13.8 Å². The number of benzene rings is 2. The van der Waals surface area contributed by atoms with Gasteiger partial charge in [-0.1, -0.05) is 30.3 Å². The van der Waals surface area contributed by atoms with Crippen LogP contribution in [0.5, 0.6) is 5.75 Å². The van der Waals surface area contributed by atoms with E-state index in [1.165, 1.54) is 7.11 Å². The predicted molar refractivity (Wildman–Crippen MR) is 111 cm³/mol. The zero-order valence-corrected chi connectivity index (χ0v) is 16.9. The maximum atomic E-state index is 12.8. The molecule has 2 N–H and O–H groups in total. The Balaban J connectivity index is 1.73. The molecule has 3 aromatic rings. The number of nitrogens with zero attached hydrogens (tertiary/aromatic N) is 1. The number of pyridine rings is 1. The SMILES string of the molecule is COc1cc(C)c(C)cc1S(=O)(=O)Nc1ccc(NCc2ccccc2)cn1. The van der Waals surface area contributed by atoms with Gasteiger partial charge in [-0.2, -0.15) is 0 Å². The van der Waals surface area contributed by atoms with Crippen molar-refractivity contribution < 1.29 is 13.2 Å². The number of sulfonamides is 1. The van der Waals surface area contributed by atoms with E-state index in [2.05, 4.69) is 15.0 Å². The van der Waals surface area contributed by atoms with Crippen molar-refractivity contribution in [1.29, 1.82) is 0 Å². The van der Waals surface area contributed by atoms with Crippen LogP contribution in [0.4, 0.5) is 11.5 Å². The van der Waals surface area contributed by atoms with E-state index in [1.54, 1.807) is 30.5 Å². The van der Waals surface area contributed by atoms with E-state index in [0.717, 1.165) is 22.4 Å². The van der Waals surface area contributed by atoms with Gasteiger partial charge in [0.05, 0.1) is 19.0 Å². The third-order valence-electron chi connectivity index (χ3n) is 4.41. The molecule has 0 atom stereocenters. The van der Waals surface area contributed by atoms with Crippen molar-refractivity contribution in [2.75, 3.05) is 17.1 Å². The topological polar surface area (TPSA) is 80.3 Å². The van der Waals surface area contributed by atoms with Gasteiger partial charge in [-0.25, -0.2) is 13.4 Å². The van der Waals surface area contributed by atoms with Gasteiger partial charge in [0.1, 0.15) is 16.5 Å². The number of aromatic nitrogens is 1. The van der Waals surface area contributed by atoms with Crippen molar-refractivity contribution >= 4 is 21.5 Å². The second kappa shape index (κ2) is 8.31. The largest absolute Gasteiger partial charge is 0.495 e. The van der Waals surface area contributed by atoms with Gasteiger partial charge >= 0.3 is 0 Å². The van der Waals surface area contributed by atoms with Gasteiger partial charge in [-0.15, -0.1) is 0 Å². The summed E-state index contributed by atoms with van der Waals surface area (Å²) in [6, 6.07) is 16.7. The number of hydrogen-bond acceptors (Lipinski definition) is 5. The molecule has 0 saturated carbocycles. The number of methoxy groups -OCH3 is 1. The maximum Gasteiger partial charge on any atom is 0.266 e. The molecule has 0 saturated heterocycles. The second-order valence-corrected chi connectivity index (χ2v) is 8.11. The fourth-order valence-electron chi connectivity index (χ4n) is 2.68. The fraction of sp³-hybridized carbons (Fsp3) is 0.190. The van der Waals surface area contributed by atoms with Crippen molar-refractivity contribution in [1.82, 2.24) is 4.98 Å². The van der Waals surface area contributed by atoms with Crippen LogP contribution in [0.15, 0.2) is 65.7 Å². The molecule has 0 unspecified atom stereocenters. The van der Waals surface area contributed by atoms with E-state index >= 15 is 0 Å². The van der Waals surface area contributed by atoms with Crippen LogP contribution in [-0.2, 0) is 16.6 Å². The maximum absolute atomic E-state index is 12.8. The highest BCUT2D eigenvalue weighted by atomic mass is 32.2. The Morgan fingerprint density at radius 1 is 1.00 bits per heavy atom. The summed E-state index contributed by atoms with van der Waals surface area (Å²) in [5, 5.41) is 3.25. The number of aryl methyl sites for hydroxylation is 2. The minimum Gasteiger partial charge on any atom is -0.495 e. The first-order valence-electron chi connectivity index (χ1n) is 8.81. The molecule has 0 fully saturated rings. The van der Waals surface area contributed by atoms with Crippen LogP contribution in [0.1, 0.15) is 16.7 Å². The highest BCUT2D eigenvalue weighted by Gasteiger charge is 2.21. The first-order valence-corrected chi connectivity index (χ1v) is 10.3. The van der Waals surface area contributed by atoms with Crippen LogP contribution in [0.3, 0.4) is 0 Å². The highest BCUT2D eigenvalue weighted by molar-refractivity contribution is 7.92. The summed E-state index contributed by atoms with van der Waals surface area (Å²) in [4.78, 5) is 4.29. The van der Waals surface area contributed by atoms with Gasteiger partial charge in [0.15, 0.2) is 0 Å². The van der Waals surface area contributed by atoms with Crippen LogP contribution < -0.4 is 14.8 Å². The van der Waals surface area contributed by atoms with Crippen molar-refractivity contribution in [2.45, 2.75) is 25.3 Å². The molecule has 146 valence electrons. The summed E-state index contributed by atoms with van der Waals surface area (Å²) >= 11 is 0. The number of anilines is 2.